The largest absolute Gasteiger partial charge is 0.310 e. The maximum absolute atomic E-state index is 2.55. The van der Waals surface area contributed by atoms with Gasteiger partial charge in [-0.05, 0) is 114 Å². The molecule has 1 nitrogen and oxygen atoms in total. The van der Waals surface area contributed by atoms with Gasteiger partial charge in [0.1, 0.15) is 0 Å². The molecule has 0 aromatic heterocycles. The SMILES string of the molecule is c1ccc(N(c2ccccc2)c2cccc3c2-c2ccccc2C32c3ccccc3-c3cc4c5ccccc5c5ccccc5c4cc32)cc1. The van der Waals surface area contributed by atoms with Crippen LogP contribution < -0.4 is 4.90 Å². The van der Waals surface area contributed by atoms with E-state index < -0.39 is 5.41 Å². The molecule has 9 aromatic carbocycles. The zero-order valence-electron chi connectivity index (χ0n) is 27.3. The van der Waals surface area contributed by atoms with E-state index in [1.807, 2.05) is 0 Å². The summed E-state index contributed by atoms with van der Waals surface area (Å²) in [6.07, 6.45) is 0. The molecule has 0 fully saturated rings. The van der Waals surface area contributed by atoms with Crippen molar-refractivity contribution in [2.45, 2.75) is 5.41 Å². The fraction of sp³-hybridized carbons (Fsp3) is 0.0204. The van der Waals surface area contributed by atoms with Crippen LogP contribution in [0, 0.1) is 0 Å². The van der Waals surface area contributed by atoms with Gasteiger partial charge >= 0.3 is 0 Å². The van der Waals surface area contributed by atoms with Crippen molar-refractivity contribution in [3.05, 3.63) is 210 Å². The third-order valence-corrected chi connectivity index (χ3v) is 11.2. The smallest absolute Gasteiger partial charge is 0.0726 e. The molecule has 0 amide bonds. The van der Waals surface area contributed by atoms with E-state index in [4.69, 9.17) is 0 Å². The predicted molar refractivity (Wildman–Crippen MR) is 210 cm³/mol. The molecule has 1 unspecified atom stereocenters. The normalized spacial score (nSPS) is 15.3. The molecular weight excluding hydrogens is 603 g/mol. The summed E-state index contributed by atoms with van der Waals surface area (Å²) in [7, 11) is 0. The minimum Gasteiger partial charge on any atom is -0.310 e. The number of rotatable bonds is 3. The number of hydrogen-bond donors (Lipinski definition) is 0. The van der Waals surface area contributed by atoms with Gasteiger partial charge in [-0.25, -0.2) is 0 Å². The fourth-order valence-electron chi connectivity index (χ4n) is 9.33. The first-order valence-electron chi connectivity index (χ1n) is 17.5. The first-order valence-corrected chi connectivity index (χ1v) is 17.5. The molecule has 50 heavy (non-hydrogen) atoms. The molecule has 0 aliphatic heterocycles. The fourth-order valence-corrected chi connectivity index (χ4v) is 9.33. The average Bonchev–Trinajstić information content (AvgIpc) is 3.66. The molecule has 0 saturated carbocycles. The highest BCUT2D eigenvalue weighted by molar-refractivity contribution is 6.26. The second-order valence-corrected chi connectivity index (χ2v) is 13.6. The third kappa shape index (κ3) is 3.51. The van der Waals surface area contributed by atoms with E-state index in [0.717, 1.165) is 11.4 Å². The molecular formula is C49H31N. The van der Waals surface area contributed by atoms with E-state index >= 15 is 0 Å². The van der Waals surface area contributed by atoms with Crippen LogP contribution in [0.4, 0.5) is 17.1 Å². The van der Waals surface area contributed by atoms with Crippen molar-refractivity contribution in [3.63, 3.8) is 0 Å². The van der Waals surface area contributed by atoms with Crippen LogP contribution in [0.5, 0.6) is 0 Å². The molecule has 0 saturated heterocycles. The van der Waals surface area contributed by atoms with Crippen LogP contribution in [0.1, 0.15) is 22.3 Å². The van der Waals surface area contributed by atoms with Gasteiger partial charge in [0, 0.05) is 16.9 Å². The van der Waals surface area contributed by atoms with Crippen LogP contribution in [0.3, 0.4) is 0 Å². The summed E-state index contributed by atoms with van der Waals surface area (Å²) < 4.78 is 0. The Morgan fingerprint density at radius 2 is 0.760 bits per heavy atom. The van der Waals surface area contributed by atoms with Crippen molar-refractivity contribution < 1.29 is 0 Å². The summed E-state index contributed by atoms with van der Waals surface area (Å²) in [6.45, 7) is 0. The van der Waals surface area contributed by atoms with Crippen molar-refractivity contribution in [2.75, 3.05) is 4.90 Å². The van der Waals surface area contributed by atoms with Crippen molar-refractivity contribution in [1.82, 2.24) is 0 Å². The molecule has 2 aliphatic rings. The number of nitrogens with zero attached hydrogens (tertiary/aromatic N) is 1. The molecule has 1 heteroatoms. The number of anilines is 3. The Labute approximate surface area is 291 Å². The Kier molecular flexibility index (Phi) is 5.66. The molecule has 2 aliphatic carbocycles. The van der Waals surface area contributed by atoms with Crippen LogP contribution in [0.25, 0.3) is 54.6 Å². The van der Waals surface area contributed by atoms with Gasteiger partial charge in [0.15, 0.2) is 0 Å². The lowest BCUT2D eigenvalue weighted by Crippen LogP contribution is -2.26. The third-order valence-electron chi connectivity index (χ3n) is 11.2. The average molecular weight is 634 g/mol. The minimum atomic E-state index is -0.464. The van der Waals surface area contributed by atoms with Gasteiger partial charge < -0.3 is 4.90 Å². The predicted octanol–water partition coefficient (Wildman–Crippen LogP) is 13.0. The summed E-state index contributed by atoms with van der Waals surface area (Å²) in [5, 5.41) is 7.83. The summed E-state index contributed by atoms with van der Waals surface area (Å²) >= 11 is 0. The van der Waals surface area contributed by atoms with E-state index in [2.05, 4.69) is 193 Å². The number of benzene rings is 9. The van der Waals surface area contributed by atoms with Crippen LogP contribution in [-0.2, 0) is 5.41 Å². The molecule has 0 radical (unpaired) electrons. The second kappa shape index (κ2) is 10.3. The Balaban J connectivity index is 1.29. The molecule has 9 aromatic rings. The van der Waals surface area contributed by atoms with E-state index in [9.17, 15) is 0 Å². The first kappa shape index (κ1) is 27.5. The Morgan fingerprint density at radius 3 is 1.38 bits per heavy atom. The quantitative estimate of drug-likeness (QED) is 0.175. The van der Waals surface area contributed by atoms with Gasteiger partial charge in [-0.15, -0.1) is 0 Å². The van der Waals surface area contributed by atoms with Crippen LogP contribution in [-0.4, -0.2) is 0 Å². The van der Waals surface area contributed by atoms with Crippen LogP contribution in [0.15, 0.2) is 188 Å². The molecule has 11 rings (SSSR count). The highest BCUT2D eigenvalue weighted by Gasteiger charge is 2.52. The van der Waals surface area contributed by atoms with Crippen molar-refractivity contribution in [3.8, 4) is 22.3 Å². The number of hydrogen-bond acceptors (Lipinski definition) is 1. The Morgan fingerprint density at radius 1 is 0.300 bits per heavy atom. The highest BCUT2D eigenvalue weighted by atomic mass is 15.1. The lowest BCUT2D eigenvalue weighted by Gasteiger charge is -2.32. The monoisotopic (exact) mass is 633 g/mol. The van der Waals surface area contributed by atoms with Gasteiger partial charge in [0.25, 0.3) is 0 Å². The maximum atomic E-state index is 2.55. The summed E-state index contributed by atoms with van der Waals surface area (Å²) in [6, 6.07) is 69.7. The van der Waals surface area contributed by atoms with E-state index in [1.54, 1.807) is 0 Å². The zero-order valence-corrected chi connectivity index (χ0v) is 27.3. The van der Waals surface area contributed by atoms with E-state index in [-0.39, 0.29) is 0 Å². The Hall–Kier alpha value is -6.44. The van der Waals surface area contributed by atoms with Crippen LogP contribution in [0.2, 0.25) is 0 Å². The second-order valence-electron chi connectivity index (χ2n) is 13.6. The van der Waals surface area contributed by atoms with E-state index in [0.29, 0.717) is 0 Å². The molecule has 0 N–H and O–H groups in total. The molecule has 1 atom stereocenters. The first-order chi connectivity index (χ1) is 24.8. The van der Waals surface area contributed by atoms with Crippen molar-refractivity contribution in [2.24, 2.45) is 0 Å². The number of fused-ring (bicyclic) bond motifs is 16. The van der Waals surface area contributed by atoms with Gasteiger partial charge in [0.2, 0.25) is 0 Å². The molecule has 0 heterocycles. The van der Waals surface area contributed by atoms with Gasteiger partial charge in [-0.2, -0.15) is 0 Å². The van der Waals surface area contributed by atoms with Crippen molar-refractivity contribution >= 4 is 49.4 Å². The lowest BCUT2D eigenvalue weighted by molar-refractivity contribution is 0.795. The Bertz CT molecular complexity index is 2780. The lowest BCUT2D eigenvalue weighted by atomic mass is 9.70. The standard InChI is InChI=1S/C49H31N/c1-3-16-32(17-4-1)50(33-18-5-2-6-19-33)47-29-15-28-45-48(47)39-25-12-14-27-44(39)49(45)43-26-13-11-24-38(43)42-30-40-36-22-9-7-20-34(36)35-21-8-10-23-37(35)41(40)31-46(42)49/h1-31H. The van der Waals surface area contributed by atoms with E-state index in [1.165, 1.54) is 82.5 Å². The van der Waals surface area contributed by atoms with Crippen LogP contribution >= 0.6 is 0 Å². The molecule has 232 valence electrons. The highest BCUT2D eigenvalue weighted by Crippen LogP contribution is 2.65. The summed E-state index contributed by atoms with van der Waals surface area (Å²) in [4.78, 5) is 2.43. The molecule has 0 bridgehead atoms. The van der Waals surface area contributed by atoms with Gasteiger partial charge in [0.05, 0.1) is 11.1 Å². The minimum absolute atomic E-state index is 0.464. The van der Waals surface area contributed by atoms with Gasteiger partial charge in [-0.1, -0.05) is 146 Å². The van der Waals surface area contributed by atoms with Crippen molar-refractivity contribution in [1.29, 1.82) is 0 Å². The summed E-state index contributed by atoms with van der Waals surface area (Å²) in [5.74, 6) is 0. The number of para-hydroxylation sites is 2. The van der Waals surface area contributed by atoms with Gasteiger partial charge in [-0.3, -0.25) is 0 Å². The maximum Gasteiger partial charge on any atom is 0.0726 e. The molecule has 1 spiro atoms. The topological polar surface area (TPSA) is 3.24 Å². The zero-order chi connectivity index (χ0) is 32.8. The summed E-state index contributed by atoms with van der Waals surface area (Å²) in [5.41, 5.74) is 13.6.